The molecule has 0 radical (unpaired) electrons. The molecule has 3 rings (SSSR count). The molecule has 2 fully saturated rings. The van der Waals surface area contributed by atoms with Crippen LogP contribution < -0.4 is 5.32 Å². The summed E-state index contributed by atoms with van der Waals surface area (Å²) in [6.07, 6.45) is 2.36. The quantitative estimate of drug-likeness (QED) is 0.149. The number of methoxy groups -OCH3 is 3. The molecule has 2 saturated heterocycles. The Balaban J connectivity index is 1.81. The third-order valence-electron chi connectivity index (χ3n) is 13.0. The van der Waals surface area contributed by atoms with Crippen LogP contribution in [0.4, 0.5) is 4.79 Å². The minimum atomic E-state index is -1.11. The van der Waals surface area contributed by atoms with Gasteiger partial charge in [0.2, 0.25) is 17.7 Å². The van der Waals surface area contributed by atoms with Gasteiger partial charge >= 0.3 is 12.1 Å². The van der Waals surface area contributed by atoms with Crippen LogP contribution in [0.1, 0.15) is 119 Å². The maximum Gasteiger partial charge on any atom is 0.411 e. The highest BCUT2D eigenvalue weighted by molar-refractivity contribution is 5.95. The summed E-state index contributed by atoms with van der Waals surface area (Å²) >= 11 is 0. The molecule has 0 saturated carbocycles. The maximum absolute atomic E-state index is 14.6. The second-order valence-electron chi connectivity index (χ2n) is 18.7. The first kappa shape index (κ1) is 51.3. The van der Waals surface area contributed by atoms with Gasteiger partial charge in [-0.15, -0.1) is 0 Å². The molecule has 2 heterocycles. The van der Waals surface area contributed by atoms with E-state index in [0.29, 0.717) is 38.8 Å². The van der Waals surface area contributed by atoms with Crippen LogP contribution in [0.3, 0.4) is 0 Å². The Kier molecular flexibility index (Phi) is 19.2. The van der Waals surface area contributed by atoms with Crippen molar-refractivity contribution in [1.82, 2.24) is 20.0 Å². The van der Waals surface area contributed by atoms with Gasteiger partial charge in [0.15, 0.2) is 5.78 Å². The lowest BCUT2D eigenvalue weighted by molar-refractivity contribution is -0.150. The molecule has 2 aliphatic heterocycles. The third kappa shape index (κ3) is 13.2. The summed E-state index contributed by atoms with van der Waals surface area (Å²) in [5.41, 5.74) is -0.969. The van der Waals surface area contributed by atoms with Gasteiger partial charge in [0, 0.05) is 53.1 Å². The van der Waals surface area contributed by atoms with E-state index in [1.165, 1.54) is 14.2 Å². The van der Waals surface area contributed by atoms with Crippen LogP contribution in [-0.4, -0.2) is 133 Å². The van der Waals surface area contributed by atoms with Gasteiger partial charge < -0.3 is 34.1 Å². The molecule has 0 aliphatic carbocycles. The van der Waals surface area contributed by atoms with E-state index >= 15 is 0 Å². The number of nitrogens with zero attached hydrogens (tertiary/aromatic N) is 3. The molecular weight excluding hydrogens is 781 g/mol. The summed E-state index contributed by atoms with van der Waals surface area (Å²) in [7, 11) is 6.08. The fraction of sp³-hybridized carbons (Fsp3) is 0.745. The molecule has 0 aromatic heterocycles. The van der Waals surface area contributed by atoms with E-state index in [2.05, 4.69) is 5.32 Å². The number of ether oxygens (including phenoxy) is 4. The van der Waals surface area contributed by atoms with Crippen LogP contribution in [0, 0.1) is 23.7 Å². The number of hydrogen-bond acceptors (Lipinski definition) is 10. The summed E-state index contributed by atoms with van der Waals surface area (Å²) in [5, 5.41) is 2.86. The molecule has 9 atom stereocenters. The molecule has 0 spiro atoms. The van der Waals surface area contributed by atoms with Gasteiger partial charge in [0.05, 0.1) is 43.7 Å². The van der Waals surface area contributed by atoms with Gasteiger partial charge in [-0.05, 0) is 77.2 Å². The Bertz CT molecular complexity index is 1630. The molecule has 14 nitrogen and oxygen atoms in total. The van der Waals surface area contributed by atoms with E-state index in [0.717, 1.165) is 18.4 Å². The second kappa shape index (κ2) is 22.9. The van der Waals surface area contributed by atoms with Gasteiger partial charge in [0.1, 0.15) is 17.2 Å². The van der Waals surface area contributed by atoms with E-state index in [9.17, 15) is 28.8 Å². The predicted octanol–water partition coefficient (Wildman–Crippen LogP) is 6.22. The number of rotatable bonds is 20. The molecule has 4 amide bonds. The van der Waals surface area contributed by atoms with E-state index in [1.807, 2.05) is 58.0 Å². The number of hydrogen-bond donors (Lipinski definition) is 1. The summed E-state index contributed by atoms with van der Waals surface area (Å²) in [6.45, 7) is 17.7. The van der Waals surface area contributed by atoms with Crippen molar-refractivity contribution in [2.75, 3.05) is 41.5 Å². The first-order chi connectivity index (χ1) is 28.6. The van der Waals surface area contributed by atoms with Crippen molar-refractivity contribution in [3.63, 3.8) is 0 Å². The van der Waals surface area contributed by atoms with E-state index < -0.39 is 71.3 Å². The Morgan fingerprint density at radius 1 is 0.918 bits per heavy atom. The highest BCUT2D eigenvalue weighted by atomic mass is 16.6. The van der Waals surface area contributed by atoms with Crippen molar-refractivity contribution in [2.24, 2.45) is 23.7 Å². The van der Waals surface area contributed by atoms with E-state index in [1.54, 1.807) is 63.5 Å². The van der Waals surface area contributed by atoms with Crippen LogP contribution in [0.15, 0.2) is 30.3 Å². The monoisotopic (exact) mass is 857 g/mol. The lowest BCUT2D eigenvalue weighted by atomic mass is 9.78. The highest BCUT2D eigenvalue weighted by Crippen LogP contribution is 2.35. The molecule has 1 aromatic carbocycles. The number of likely N-dealkylation sites (N-methyl/N-ethyl adjacent to an activating group) is 1. The zero-order valence-electron chi connectivity index (χ0n) is 39.3. The second-order valence-corrected chi connectivity index (χ2v) is 18.7. The number of carbonyl (C=O) groups excluding carboxylic acids is 6. The Hall–Kier alpha value is -4.04. The lowest BCUT2D eigenvalue weighted by Crippen LogP contribution is -2.59. The van der Waals surface area contributed by atoms with Crippen LogP contribution >= 0.6 is 0 Å². The molecule has 1 aromatic rings. The van der Waals surface area contributed by atoms with Crippen LogP contribution in [-0.2, 0) is 49.3 Å². The number of piperidine rings is 1. The summed E-state index contributed by atoms with van der Waals surface area (Å²) in [6, 6.07) is 7.53. The van der Waals surface area contributed by atoms with Crippen molar-refractivity contribution < 1.29 is 47.7 Å². The van der Waals surface area contributed by atoms with Gasteiger partial charge in [-0.25, -0.2) is 9.59 Å². The fourth-order valence-corrected chi connectivity index (χ4v) is 9.10. The number of esters is 1. The fourth-order valence-electron chi connectivity index (χ4n) is 9.10. The van der Waals surface area contributed by atoms with Gasteiger partial charge in [-0.2, -0.15) is 0 Å². The first-order valence-corrected chi connectivity index (χ1v) is 22.2. The highest BCUT2D eigenvalue weighted by Gasteiger charge is 2.48. The zero-order chi connectivity index (χ0) is 45.8. The molecule has 344 valence electrons. The molecule has 0 unspecified atom stereocenters. The average Bonchev–Trinajstić information content (AvgIpc) is 3.71. The maximum atomic E-state index is 14.6. The molecule has 1 N–H and O–H groups in total. The number of amides is 4. The number of ketones is 1. The number of Topliss-reactive ketones (excluding diaryl/α,β-unsaturated/α-hetero) is 1. The van der Waals surface area contributed by atoms with Crippen molar-refractivity contribution in [3.8, 4) is 0 Å². The topological polar surface area (TPSA) is 161 Å². The smallest absolute Gasteiger partial charge is 0.411 e. The van der Waals surface area contributed by atoms with Gasteiger partial charge in [0.25, 0.3) is 0 Å². The standard InChI is InChI=1S/C47H76N4O10/c1-14-31(4)40(49(10)43(55)34(30(2)3)28-38(52)47(9)24-18-19-26-51(47)45(57)61-46(6,7)8)37(58-11)29-39(53)50-25-20-23-36(50)41(59-12)32(5)42(54)48-35(44(56)60-13)27-33-21-16-15-17-22-33/h15-17,21-22,30-32,34-37,40-41H,14,18-20,23-29H2,1-13H3,(H,48,54)/t31-,32+,34-,35-,36-,37+,40-,41+,47-/m0/s1. The normalized spacial score (nSPS) is 21.7. The van der Waals surface area contributed by atoms with Crippen LogP contribution in [0.2, 0.25) is 0 Å². The zero-order valence-corrected chi connectivity index (χ0v) is 39.3. The number of nitrogens with one attached hydrogen (secondary N) is 1. The van der Waals surface area contributed by atoms with E-state index in [-0.39, 0.29) is 48.7 Å². The Labute approximate surface area is 365 Å². The summed E-state index contributed by atoms with van der Waals surface area (Å²) < 4.78 is 22.7. The lowest BCUT2D eigenvalue weighted by Gasteiger charge is -2.45. The van der Waals surface area contributed by atoms with Gasteiger partial charge in [-0.1, -0.05) is 71.4 Å². The molecule has 2 aliphatic rings. The third-order valence-corrected chi connectivity index (χ3v) is 13.0. The van der Waals surface area contributed by atoms with E-state index in [4.69, 9.17) is 18.9 Å². The Morgan fingerprint density at radius 2 is 1.57 bits per heavy atom. The minimum Gasteiger partial charge on any atom is -0.467 e. The number of benzene rings is 1. The molecule has 61 heavy (non-hydrogen) atoms. The Morgan fingerprint density at radius 3 is 2.13 bits per heavy atom. The van der Waals surface area contributed by atoms with Crippen molar-refractivity contribution in [1.29, 1.82) is 0 Å². The predicted molar refractivity (Wildman–Crippen MR) is 233 cm³/mol. The number of carbonyl (C=O) groups is 6. The molecular formula is C47H76N4O10. The average molecular weight is 857 g/mol. The number of likely N-dealkylation sites (tertiary alicyclic amines) is 2. The van der Waals surface area contributed by atoms with Crippen molar-refractivity contribution in [2.45, 2.75) is 162 Å². The van der Waals surface area contributed by atoms with Crippen LogP contribution in [0.5, 0.6) is 0 Å². The van der Waals surface area contributed by atoms with Crippen molar-refractivity contribution in [3.05, 3.63) is 35.9 Å². The summed E-state index contributed by atoms with van der Waals surface area (Å²) in [5.74, 6) is -3.20. The van der Waals surface area contributed by atoms with Crippen LogP contribution in [0.25, 0.3) is 0 Å². The first-order valence-electron chi connectivity index (χ1n) is 22.2. The SMILES string of the molecule is CC[C@H](C)[C@@H]([C@@H](CC(=O)N1CCC[C@H]1[C@H](OC)[C@@H](C)C(=O)N[C@@H](Cc1ccccc1)C(=O)OC)OC)N(C)C(=O)[C@@H](CC(=O)[C@]1(C)CCCCN1C(=O)OC(C)(C)C)C(C)C. The molecule has 14 heteroatoms. The minimum absolute atomic E-state index is 0.0215. The molecule has 0 bridgehead atoms. The largest absolute Gasteiger partial charge is 0.467 e. The van der Waals surface area contributed by atoms with Crippen molar-refractivity contribution >= 4 is 35.6 Å². The van der Waals surface area contributed by atoms with Gasteiger partial charge in [-0.3, -0.25) is 24.1 Å². The summed E-state index contributed by atoms with van der Waals surface area (Å²) in [4.78, 5) is 88.1.